The van der Waals surface area contributed by atoms with Crippen molar-refractivity contribution in [2.45, 2.75) is 38.3 Å². The Hall–Kier alpha value is -8.32. The highest BCUT2D eigenvalue weighted by Gasteiger charge is 2.31. The molecule has 0 saturated heterocycles. The molecule has 4 aromatic carbocycles. The topological polar surface area (TPSA) is 181 Å². The molecule has 1 amide bonds. The van der Waals surface area contributed by atoms with Crippen LogP contribution in [0.1, 0.15) is 69.2 Å². The van der Waals surface area contributed by atoms with Crippen LogP contribution in [-0.2, 0) is 12.4 Å². The predicted molar refractivity (Wildman–Crippen MR) is 244 cm³/mol. The molecule has 69 heavy (non-hydrogen) atoms. The molecule has 0 aliphatic carbocycles. The first-order chi connectivity index (χ1) is 32.8. The molecule has 0 unspecified atom stereocenters. The van der Waals surface area contributed by atoms with Crippen LogP contribution in [0.25, 0.3) is 21.8 Å². The summed E-state index contributed by atoms with van der Waals surface area (Å²) in [6.45, 7) is 3.75. The van der Waals surface area contributed by atoms with Crippen LogP contribution in [0.3, 0.4) is 0 Å². The number of alkyl halides is 6. The van der Waals surface area contributed by atoms with Crippen LogP contribution in [0.15, 0.2) is 146 Å². The Labute approximate surface area is 390 Å². The minimum absolute atomic E-state index is 0.00812. The Morgan fingerprint density at radius 1 is 0.580 bits per heavy atom. The van der Waals surface area contributed by atoms with Gasteiger partial charge in [0.2, 0.25) is 0 Å². The number of hydrogen-bond acceptors (Lipinski definition) is 11. The Kier molecular flexibility index (Phi) is 16.0. The number of hydrogen-bond donors (Lipinski definition) is 3. The quantitative estimate of drug-likeness (QED) is 0.105. The zero-order valence-electron chi connectivity index (χ0n) is 37.0. The summed E-state index contributed by atoms with van der Waals surface area (Å²) in [6, 6.07) is 28.9. The van der Waals surface area contributed by atoms with E-state index in [9.17, 15) is 35.9 Å². The number of carboxylic acids is 1. The van der Waals surface area contributed by atoms with Gasteiger partial charge >= 0.3 is 18.3 Å². The van der Waals surface area contributed by atoms with Crippen molar-refractivity contribution in [3.8, 4) is 34.5 Å². The first kappa shape index (κ1) is 50.1. The van der Waals surface area contributed by atoms with Gasteiger partial charge in [-0.25, -0.2) is 4.79 Å². The van der Waals surface area contributed by atoms with Gasteiger partial charge in [0.05, 0.1) is 53.9 Å². The fourth-order valence-electron chi connectivity index (χ4n) is 6.32. The summed E-state index contributed by atoms with van der Waals surface area (Å²) in [6.07, 6.45) is -2.88. The van der Waals surface area contributed by atoms with Gasteiger partial charge in [-0.15, -0.1) is 0 Å². The lowest BCUT2D eigenvalue weighted by Gasteiger charge is -2.14. The van der Waals surface area contributed by atoms with Gasteiger partial charge in [-0.05, 0) is 111 Å². The molecule has 0 radical (unpaired) electrons. The standard InChI is InChI=1S/C25H20F3N3O3.C18H12F3NO4.C7H10N2/c1-15(21-5-3-4-10-29-21)31-24(32)17-11-16-12-20(33-2)13-22(23(16)30-14-17)34-19-8-6-18(7-9-19)25(26,27)28;1-25-14-7-10-6-11(17(23)24)9-22-16(10)15(8-14)26-13-4-2-12(3-5-13)18(19,20)21;1-6(8)7-4-2-3-5-9-7/h3-15H,1-2H3,(H,31,32);2-9H,1H3,(H,23,24);2-6H,8H2,1H3/t15-;;6-/m0.0/s1. The molecule has 0 aliphatic rings. The minimum atomic E-state index is -4.44. The number of nitrogens with two attached hydrogens (primary N) is 1. The molecule has 4 aromatic heterocycles. The summed E-state index contributed by atoms with van der Waals surface area (Å²) in [5.74, 6) is 0.262. The van der Waals surface area contributed by atoms with E-state index in [1.807, 2.05) is 44.2 Å². The van der Waals surface area contributed by atoms with E-state index in [2.05, 4.69) is 25.3 Å². The van der Waals surface area contributed by atoms with E-state index >= 15 is 0 Å². The monoisotopic (exact) mass is 952 g/mol. The van der Waals surface area contributed by atoms with Crippen LogP contribution in [0.4, 0.5) is 26.3 Å². The number of ether oxygens (including phenoxy) is 4. The van der Waals surface area contributed by atoms with Crippen molar-refractivity contribution in [3.05, 3.63) is 180 Å². The molecular formula is C50H42F6N6O7. The summed E-state index contributed by atoms with van der Waals surface area (Å²) in [7, 11) is 2.90. The number of rotatable bonds is 11. The van der Waals surface area contributed by atoms with Gasteiger partial charge in [0, 0.05) is 53.7 Å². The SMILES string of the molecule is COc1cc(Oc2ccc(C(F)(F)F)cc2)c2ncc(C(=O)N[C@@H](C)c3ccccn3)cc2c1.COc1cc(Oc2ccc(C(F)(F)F)cc2)c2ncc(C(=O)O)cc2c1.C[C@H](N)c1ccccn1. The van der Waals surface area contributed by atoms with Gasteiger partial charge in [-0.3, -0.25) is 24.7 Å². The van der Waals surface area contributed by atoms with E-state index in [1.54, 1.807) is 42.7 Å². The van der Waals surface area contributed by atoms with Crippen molar-refractivity contribution in [2.24, 2.45) is 5.73 Å². The lowest BCUT2D eigenvalue weighted by molar-refractivity contribution is -0.138. The van der Waals surface area contributed by atoms with Crippen LogP contribution in [0, 0.1) is 0 Å². The molecule has 19 heteroatoms. The predicted octanol–water partition coefficient (Wildman–Crippen LogP) is 11.8. The third-order valence-electron chi connectivity index (χ3n) is 9.88. The number of methoxy groups -OCH3 is 2. The largest absolute Gasteiger partial charge is 0.497 e. The van der Waals surface area contributed by atoms with Crippen LogP contribution in [0.5, 0.6) is 34.5 Å². The van der Waals surface area contributed by atoms with Gasteiger partial charge in [0.1, 0.15) is 34.0 Å². The van der Waals surface area contributed by atoms with Crippen molar-refractivity contribution in [1.29, 1.82) is 0 Å². The number of carbonyl (C=O) groups is 2. The molecule has 4 N–H and O–H groups in total. The van der Waals surface area contributed by atoms with Gasteiger partial charge < -0.3 is 35.1 Å². The molecule has 2 atom stereocenters. The second-order valence-electron chi connectivity index (χ2n) is 14.9. The third-order valence-corrected chi connectivity index (χ3v) is 9.88. The first-order valence-electron chi connectivity index (χ1n) is 20.6. The van der Waals surface area contributed by atoms with Gasteiger partial charge in [0.15, 0.2) is 11.5 Å². The molecule has 8 aromatic rings. The lowest BCUT2D eigenvalue weighted by Crippen LogP contribution is -2.27. The maximum Gasteiger partial charge on any atom is 0.416 e. The fourth-order valence-corrected chi connectivity index (χ4v) is 6.32. The highest BCUT2D eigenvalue weighted by Crippen LogP contribution is 2.37. The summed E-state index contributed by atoms with van der Waals surface area (Å²) < 4.78 is 98.3. The highest BCUT2D eigenvalue weighted by molar-refractivity contribution is 5.99. The van der Waals surface area contributed by atoms with Crippen LogP contribution in [-0.4, -0.2) is 51.1 Å². The molecule has 0 spiro atoms. The average molecular weight is 953 g/mol. The molecule has 0 bridgehead atoms. The molecular weight excluding hydrogens is 911 g/mol. The maximum atomic E-state index is 12.8. The number of carboxylic acid groups (broad SMARTS) is 1. The molecule has 356 valence electrons. The van der Waals surface area contributed by atoms with Gasteiger partial charge in [-0.1, -0.05) is 12.1 Å². The second-order valence-corrected chi connectivity index (χ2v) is 14.9. The van der Waals surface area contributed by atoms with Gasteiger partial charge in [0.25, 0.3) is 5.91 Å². The van der Waals surface area contributed by atoms with Crippen molar-refractivity contribution in [2.75, 3.05) is 14.2 Å². The lowest BCUT2D eigenvalue weighted by atomic mass is 10.1. The van der Waals surface area contributed by atoms with E-state index in [0.717, 1.165) is 35.7 Å². The Balaban J connectivity index is 0.000000196. The molecule has 0 saturated carbocycles. The zero-order chi connectivity index (χ0) is 49.9. The number of carbonyl (C=O) groups excluding carboxylic acids is 1. The van der Waals surface area contributed by atoms with E-state index in [1.165, 1.54) is 63.0 Å². The zero-order valence-corrected chi connectivity index (χ0v) is 37.0. The molecule has 8 rings (SSSR count). The Bertz CT molecular complexity index is 3020. The third kappa shape index (κ3) is 13.4. The van der Waals surface area contributed by atoms with Gasteiger partial charge in [-0.2, -0.15) is 26.3 Å². The average Bonchev–Trinajstić information content (AvgIpc) is 3.34. The number of benzene rings is 4. The Morgan fingerprint density at radius 3 is 1.39 bits per heavy atom. The number of aromatic carboxylic acids is 1. The minimum Gasteiger partial charge on any atom is -0.497 e. The van der Waals surface area contributed by atoms with Crippen molar-refractivity contribution < 1.29 is 60.0 Å². The van der Waals surface area contributed by atoms with Crippen LogP contribution >= 0.6 is 0 Å². The highest BCUT2D eigenvalue weighted by atomic mass is 19.4. The first-order valence-corrected chi connectivity index (χ1v) is 20.6. The number of pyridine rings is 4. The van der Waals surface area contributed by atoms with E-state index in [4.69, 9.17) is 29.8 Å². The normalized spacial score (nSPS) is 12.0. The summed E-state index contributed by atoms with van der Waals surface area (Å²) in [5, 5.41) is 13.0. The number of halogens is 6. The number of aromatic nitrogens is 4. The molecule has 13 nitrogen and oxygen atoms in total. The number of nitrogens with zero attached hydrogens (tertiary/aromatic N) is 4. The number of nitrogens with one attached hydrogen (secondary N) is 1. The van der Waals surface area contributed by atoms with E-state index in [-0.39, 0.29) is 46.6 Å². The Morgan fingerprint density at radius 2 is 1.01 bits per heavy atom. The number of amides is 1. The van der Waals surface area contributed by atoms with E-state index < -0.39 is 29.4 Å². The molecule has 4 heterocycles. The van der Waals surface area contributed by atoms with Crippen molar-refractivity contribution >= 4 is 33.7 Å². The summed E-state index contributed by atoms with van der Waals surface area (Å²) in [4.78, 5) is 40.6. The summed E-state index contributed by atoms with van der Waals surface area (Å²) >= 11 is 0. The van der Waals surface area contributed by atoms with Crippen LogP contribution in [0.2, 0.25) is 0 Å². The maximum absolute atomic E-state index is 12.8. The second kappa shape index (κ2) is 22.0. The number of fused-ring (bicyclic) bond motifs is 2. The van der Waals surface area contributed by atoms with Crippen LogP contribution < -0.4 is 30.0 Å². The van der Waals surface area contributed by atoms with E-state index in [0.29, 0.717) is 38.9 Å². The fraction of sp³-hybridized carbons (Fsp3) is 0.160. The molecule has 0 fully saturated rings. The summed E-state index contributed by atoms with van der Waals surface area (Å²) in [5.41, 5.74) is 6.75. The van der Waals surface area contributed by atoms with Crippen molar-refractivity contribution in [1.82, 2.24) is 25.3 Å². The molecule has 0 aliphatic heterocycles. The van der Waals surface area contributed by atoms with Crippen molar-refractivity contribution in [3.63, 3.8) is 0 Å². The smallest absolute Gasteiger partial charge is 0.416 e.